The van der Waals surface area contributed by atoms with Gasteiger partial charge < -0.3 is 9.52 Å². The second-order valence-corrected chi connectivity index (χ2v) is 3.49. The fraction of sp³-hybridized carbons (Fsp3) is 0.154. The lowest BCUT2D eigenvalue weighted by Gasteiger charge is -2.00. The summed E-state index contributed by atoms with van der Waals surface area (Å²) in [6.07, 6.45) is 1.33. The van der Waals surface area contributed by atoms with Gasteiger partial charge in [0.15, 0.2) is 12.0 Å². The highest BCUT2D eigenvalue weighted by Crippen LogP contribution is 2.21. The third-order valence-corrected chi connectivity index (χ3v) is 2.38. The largest absolute Gasteiger partial charge is 0.453 e. The Morgan fingerprint density at radius 3 is 2.44 bits per heavy atom. The Hall–Kier alpha value is -1.87. The van der Waals surface area contributed by atoms with Crippen molar-refractivity contribution >= 4 is 6.29 Å². The Balaban J connectivity index is 2.23. The summed E-state index contributed by atoms with van der Waals surface area (Å²) in [6, 6.07) is 11.1. The number of benzene rings is 1. The molecule has 1 aromatic heterocycles. The molecule has 2 rings (SSSR count). The number of carbonyl (C=O) groups is 1. The molecule has 0 amide bonds. The number of carbonyl (C=O) groups excluding carboxylic acids is 1. The summed E-state index contributed by atoms with van der Waals surface area (Å²) in [7, 11) is 0. The van der Waals surface area contributed by atoms with Gasteiger partial charge in [-0.05, 0) is 24.1 Å². The van der Waals surface area contributed by atoms with Crippen LogP contribution >= 0.6 is 0 Å². The van der Waals surface area contributed by atoms with E-state index in [2.05, 4.69) is 0 Å². The fourth-order valence-electron chi connectivity index (χ4n) is 1.54. The Kier molecular flexibility index (Phi) is 3.17. The molecule has 2 aromatic rings. The molecular formula is C13H12O3. The molecule has 0 spiro atoms. The highest BCUT2D eigenvalue weighted by atomic mass is 16.3. The standard InChI is InChI=1S/C13H12O3/c14-8-7-10-1-3-11(4-2-10)13-6-5-12(9-15)16-13/h1-6,9,14H,7-8H2. The van der Waals surface area contributed by atoms with Gasteiger partial charge in [0.2, 0.25) is 0 Å². The minimum Gasteiger partial charge on any atom is -0.453 e. The minimum absolute atomic E-state index is 0.148. The van der Waals surface area contributed by atoms with Crippen LogP contribution in [-0.4, -0.2) is 18.0 Å². The molecular weight excluding hydrogens is 204 g/mol. The van der Waals surface area contributed by atoms with Crippen LogP contribution in [0.3, 0.4) is 0 Å². The number of aldehydes is 1. The molecule has 0 unspecified atom stereocenters. The lowest BCUT2D eigenvalue weighted by molar-refractivity contribution is 0.110. The predicted molar refractivity (Wildman–Crippen MR) is 60.3 cm³/mol. The normalized spacial score (nSPS) is 10.3. The van der Waals surface area contributed by atoms with Crippen LogP contribution in [0, 0.1) is 0 Å². The molecule has 0 saturated carbocycles. The van der Waals surface area contributed by atoms with Crippen molar-refractivity contribution in [2.75, 3.05) is 6.61 Å². The van der Waals surface area contributed by atoms with E-state index >= 15 is 0 Å². The van der Waals surface area contributed by atoms with Gasteiger partial charge in [0.05, 0.1) is 0 Å². The van der Waals surface area contributed by atoms with Crippen molar-refractivity contribution in [2.24, 2.45) is 0 Å². The van der Waals surface area contributed by atoms with Gasteiger partial charge in [-0.25, -0.2) is 0 Å². The van der Waals surface area contributed by atoms with E-state index in [9.17, 15) is 4.79 Å². The SMILES string of the molecule is O=Cc1ccc(-c2ccc(CCO)cc2)o1. The Bertz CT molecular complexity index is 468. The maximum absolute atomic E-state index is 10.5. The lowest BCUT2D eigenvalue weighted by atomic mass is 10.1. The average molecular weight is 216 g/mol. The highest BCUT2D eigenvalue weighted by Gasteiger charge is 2.03. The molecule has 1 aromatic carbocycles. The lowest BCUT2D eigenvalue weighted by Crippen LogP contribution is -1.89. The third kappa shape index (κ3) is 2.20. The van der Waals surface area contributed by atoms with Crippen molar-refractivity contribution in [3.63, 3.8) is 0 Å². The van der Waals surface area contributed by atoms with Crippen molar-refractivity contribution in [2.45, 2.75) is 6.42 Å². The van der Waals surface area contributed by atoms with Gasteiger partial charge in [-0.15, -0.1) is 0 Å². The molecule has 3 nitrogen and oxygen atoms in total. The van der Waals surface area contributed by atoms with Crippen molar-refractivity contribution in [3.8, 4) is 11.3 Å². The van der Waals surface area contributed by atoms with E-state index in [0.717, 1.165) is 11.1 Å². The fourth-order valence-corrected chi connectivity index (χ4v) is 1.54. The van der Waals surface area contributed by atoms with Gasteiger partial charge in [0.1, 0.15) is 5.76 Å². The van der Waals surface area contributed by atoms with E-state index < -0.39 is 0 Å². The molecule has 1 heterocycles. The van der Waals surface area contributed by atoms with Crippen LogP contribution in [0.15, 0.2) is 40.8 Å². The highest BCUT2D eigenvalue weighted by molar-refractivity contribution is 5.72. The van der Waals surface area contributed by atoms with Gasteiger partial charge in [0.25, 0.3) is 0 Å². The molecule has 0 radical (unpaired) electrons. The zero-order chi connectivity index (χ0) is 11.4. The summed E-state index contributed by atoms with van der Waals surface area (Å²) in [5.41, 5.74) is 2.00. The number of rotatable bonds is 4. The van der Waals surface area contributed by atoms with Crippen molar-refractivity contribution in [3.05, 3.63) is 47.7 Å². The zero-order valence-electron chi connectivity index (χ0n) is 8.72. The third-order valence-electron chi connectivity index (χ3n) is 2.38. The van der Waals surface area contributed by atoms with Gasteiger partial charge in [-0.2, -0.15) is 0 Å². The second kappa shape index (κ2) is 4.77. The van der Waals surface area contributed by atoms with Crippen LogP contribution in [-0.2, 0) is 6.42 Å². The molecule has 0 atom stereocenters. The molecule has 0 fully saturated rings. The summed E-state index contributed by atoms with van der Waals surface area (Å²) in [6.45, 7) is 0.148. The van der Waals surface area contributed by atoms with E-state index in [-0.39, 0.29) is 6.61 Å². The summed E-state index contributed by atoms with van der Waals surface area (Å²) in [5.74, 6) is 1.01. The molecule has 16 heavy (non-hydrogen) atoms. The Morgan fingerprint density at radius 1 is 1.12 bits per heavy atom. The molecule has 0 saturated heterocycles. The molecule has 0 aliphatic rings. The van der Waals surface area contributed by atoms with Crippen LogP contribution in [0.2, 0.25) is 0 Å². The maximum Gasteiger partial charge on any atom is 0.185 e. The van der Waals surface area contributed by atoms with Gasteiger partial charge in [-0.1, -0.05) is 24.3 Å². The van der Waals surface area contributed by atoms with Gasteiger partial charge in [0, 0.05) is 12.2 Å². The summed E-state index contributed by atoms with van der Waals surface area (Å²) in [5, 5.41) is 8.78. The van der Waals surface area contributed by atoms with Crippen LogP contribution in [0.25, 0.3) is 11.3 Å². The number of hydrogen-bond donors (Lipinski definition) is 1. The Labute approximate surface area is 93.3 Å². The number of furan rings is 1. The van der Waals surface area contributed by atoms with Crippen molar-refractivity contribution < 1.29 is 14.3 Å². The number of aliphatic hydroxyl groups excluding tert-OH is 1. The van der Waals surface area contributed by atoms with Crippen molar-refractivity contribution in [1.29, 1.82) is 0 Å². The van der Waals surface area contributed by atoms with Gasteiger partial charge in [-0.3, -0.25) is 4.79 Å². The summed E-state index contributed by atoms with van der Waals surface area (Å²) < 4.78 is 5.30. The molecule has 3 heteroatoms. The number of aliphatic hydroxyl groups is 1. The second-order valence-electron chi connectivity index (χ2n) is 3.49. The van der Waals surface area contributed by atoms with Crippen LogP contribution in [0.1, 0.15) is 16.1 Å². The molecule has 0 aliphatic carbocycles. The van der Waals surface area contributed by atoms with Crippen LogP contribution in [0.4, 0.5) is 0 Å². The molecule has 82 valence electrons. The molecule has 0 bridgehead atoms. The smallest absolute Gasteiger partial charge is 0.185 e. The topological polar surface area (TPSA) is 50.4 Å². The predicted octanol–water partition coefficient (Wildman–Crippen LogP) is 2.29. The van der Waals surface area contributed by atoms with Gasteiger partial charge >= 0.3 is 0 Å². The summed E-state index contributed by atoms with van der Waals surface area (Å²) >= 11 is 0. The maximum atomic E-state index is 10.5. The number of hydrogen-bond acceptors (Lipinski definition) is 3. The first-order valence-corrected chi connectivity index (χ1v) is 5.08. The van der Waals surface area contributed by atoms with E-state index in [1.807, 2.05) is 24.3 Å². The van der Waals surface area contributed by atoms with E-state index in [4.69, 9.17) is 9.52 Å². The van der Waals surface area contributed by atoms with Crippen LogP contribution < -0.4 is 0 Å². The first-order chi connectivity index (χ1) is 7.83. The first kappa shape index (κ1) is 10.6. The monoisotopic (exact) mass is 216 g/mol. The Morgan fingerprint density at radius 2 is 1.88 bits per heavy atom. The van der Waals surface area contributed by atoms with Crippen LogP contribution in [0.5, 0.6) is 0 Å². The molecule has 0 aliphatic heterocycles. The minimum atomic E-state index is 0.148. The first-order valence-electron chi connectivity index (χ1n) is 5.08. The quantitative estimate of drug-likeness (QED) is 0.798. The zero-order valence-corrected chi connectivity index (χ0v) is 8.72. The van der Waals surface area contributed by atoms with E-state index in [1.54, 1.807) is 12.1 Å². The van der Waals surface area contributed by atoms with E-state index in [1.165, 1.54) is 0 Å². The average Bonchev–Trinajstić information content (AvgIpc) is 2.79. The molecule has 1 N–H and O–H groups in total. The summed E-state index contributed by atoms with van der Waals surface area (Å²) in [4.78, 5) is 10.5. The van der Waals surface area contributed by atoms with Crippen molar-refractivity contribution in [1.82, 2.24) is 0 Å². The van der Waals surface area contributed by atoms with E-state index in [0.29, 0.717) is 24.2 Å².